The molecule has 5 heteroatoms. The second-order valence-electron chi connectivity index (χ2n) is 2.44. The number of halogens is 2. The third kappa shape index (κ3) is 3.25. The molecule has 0 aliphatic rings. The number of rotatable bonds is 1. The quantitative estimate of drug-likeness (QED) is 0.587. The molecule has 1 aromatic rings. The van der Waals surface area contributed by atoms with Crippen LogP contribution < -0.4 is 5.73 Å². The maximum absolute atomic E-state index is 10.4. The van der Waals surface area contributed by atoms with Crippen LogP contribution in [0.5, 0.6) is 0 Å². The Balaban J connectivity index is 2.88. The molecule has 1 aromatic heterocycles. The van der Waals surface area contributed by atoms with Crippen LogP contribution >= 0.6 is 23.2 Å². The molecule has 2 N–H and O–H groups in total. The summed E-state index contributed by atoms with van der Waals surface area (Å²) in [5.74, 6) is 4.73. The molecule has 0 unspecified atom stereocenters. The van der Waals surface area contributed by atoms with Crippen LogP contribution in [0.15, 0.2) is 12.3 Å². The Morgan fingerprint density at radius 2 is 2.29 bits per heavy atom. The summed E-state index contributed by atoms with van der Waals surface area (Å²) in [6.45, 7) is 0. The summed E-state index contributed by atoms with van der Waals surface area (Å²) in [4.78, 5) is 14.2. The number of nitrogens with two attached hydrogens (primary N) is 1. The van der Waals surface area contributed by atoms with Gasteiger partial charge in [-0.1, -0.05) is 35.0 Å². The molecule has 1 amide bonds. The zero-order chi connectivity index (χ0) is 10.6. The van der Waals surface area contributed by atoms with E-state index in [0.29, 0.717) is 10.6 Å². The first-order chi connectivity index (χ1) is 6.59. The van der Waals surface area contributed by atoms with E-state index in [0.717, 1.165) is 0 Å². The Hall–Kier alpha value is -1.24. The van der Waals surface area contributed by atoms with Crippen LogP contribution in [0.3, 0.4) is 0 Å². The minimum atomic E-state index is -0.483. The molecule has 0 saturated carbocycles. The van der Waals surface area contributed by atoms with Crippen molar-refractivity contribution in [3.05, 3.63) is 28.0 Å². The molecule has 1 heterocycles. The van der Waals surface area contributed by atoms with E-state index in [9.17, 15) is 4.79 Å². The Morgan fingerprint density at radius 1 is 1.57 bits per heavy atom. The van der Waals surface area contributed by atoms with E-state index < -0.39 is 5.91 Å². The molecule has 3 nitrogen and oxygen atoms in total. The average molecular weight is 229 g/mol. The van der Waals surface area contributed by atoms with Crippen molar-refractivity contribution in [1.82, 2.24) is 4.98 Å². The van der Waals surface area contributed by atoms with E-state index >= 15 is 0 Å². The molecule has 0 spiro atoms. The Labute approximate surface area is 91.2 Å². The summed E-state index contributed by atoms with van der Waals surface area (Å²) in [7, 11) is 0. The van der Waals surface area contributed by atoms with Gasteiger partial charge in [0.2, 0.25) is 5.91 Å². The van der Waals surface area contributed by atoms with Crippen LogP contribution in [0.1, 0.15) is 12.0 Å². The van der Waals surface area contributed by atoms with E-state index in [2.05, 4.69) is 16.8 Å². The fraction of sp³-hybridized carbons (Fsp3) is 0.111. The molecule has 72 valence electrons. The van der Waals surface area contributed by atoms with Crippen LogP contribution in [0, 0.1) is 11.8 Å². The lowest BCUT2D eigenvalue weighted by Crippen LogP contribution is -2.08. The molecule has 0 saturated heterocycles. The molecule has 0 bridgehead atoms. The zero-order valence-corrected chi connectivity index (χ0v) is 8.56. The number of nitrogens with zero attached hydrogens (tertiary/aromatic N) is 1. The first-order valence-corrected chi connectivity index (χ1v) is 4.43. The number of pyridine rings is 1. The lowest BCUT2D eigenvalue weighted by Gasteiger charge is -1.94. The number of aromatic nitrogens is 1. The van der Waals surface area contributed by atoms with E-state index in [1.807, 2.05) is 0 Å². The van der Waals surface area contributed by atoms with Crippen molar-refractivity contribution in [2.24, 2.45) is 5.73 Å². The zero-order valence-electron chi connectivity index (χ0n) is 7.05. The SMILES string of the molecule is NC(=O)CC#Cc1cc(Cl)cnc1Cl. The van der Waals surface area contributed by atoms with Gasteiger partial charge in [-0.3, -0.25) is 4.79 Å². The van der Waals surface area contributed by atoms with Gasteiger partial charge < -0.3 is 5.73 Å². The van der Waals surface area contributed by atoms with Gasteiger partial charge in [0.1, 0.15) is 5.15 Å². The summed E-state index contributed by atoms with van der Waals surface area (Å²) < 4.78 is 0. The van der Waals surface area contributed by atoms with Gasteiger partial charge in [-0.25, -0.2) is 4.98 Å². The minimum absolute atomic E-state index is 0.0111. The van der Waals surface area contributed by atoms with Crippen molar-refractivity contribution >= 4 is 29.1 Å². The van der Waals surface area contributed by atoms with Gasteiger partial charge in [0.15, 0.2) is 0 Å². The van der Waals surface area contributed by atoms with Crippen molar-refractivity contribution in [3.63, 3.8) is 0 Å². The fourth-order valence-electron chi connectivity index (χ4n) is 0.737. The maximum Gasteiger partial charge on any atom is 0.229 e. The summed E-state index contributed by atoms with van der Waals surface area (Å²) >= 11 is 11.4. The average Bonchev–Trinajstić information content (AvgIpc) is 2.10. The second kappa shape index (κ2) is 4.85. The molecule has 0 radical (unpaired) electrons. The molecule has 0 atom stereocenters. The van der Waals surface area contributed by atoms with Crippen molar-refractivity contribution in [2.45, 2.75) is 6.42 Å². The molecule has 0 fully saturated rings. The van der Waals surface area contributed by atoms with Gasteiger partial charge in [-0.15, -0.1) is 0 Å². The van der Waals surface area contributed by atoms with Crippen molar-refractivity contribution in [2.75, 3.05) is 0 Å². The highest BCUT2D eigenvalue weighted by Crippen LogP contribution is 2.16. The third-order valence-corrected chi connectivity index (χ3v) is 1.80. The van der Waals surface area contributed by atoms with E-state index in [1.54, 1.807) is 6.07 Å². The van der Waals surface area contributed by atoms with Crippen LogP contribution in [0.2, 0.25) is 10.2 Å². The molecule has 0 aliphatic heterocycles. The number of hydrogen-bond acceptors (Lipinski definition) is 2. The topological polar surface area (TPSA) is 56.0 Å². The number of primary amides is 1. The Morgan fingerprint density at radius 3 is 2.93 bits per heavy atom. The van der Waals surface area contributed by atoms with Crippen molar-refractivity contribution in [1.29, 1.82) is 0 Å². The Bertz CT molecular complexity index is 421. The lowest BCUT2D eigenvalue weighted by molar-refractivity contribution is -0.117. The molecule has 0 aromatic carbocycles. The van der Waals surface area contributed by atoms with Gasteiger partial charge in [0.05, 0.1) is 17.0 Å². The fourth-order valence-corrected chi connectivity index (χ4v) is 1.05. The van der Waals surface area contributed by atoms with Gasteiger partial charge in [-0.2, -0.15) is 0 Å². The maximum atomic E-state index is 10.4. The largest absolute Gasteiger partial charge is 0.369 e. The third-order valence-electron chi connectivity index (χ3n) is 1.29. The monoisotopic (exact) mass is 228 g/mol. The summed E-state index contributed by atoms with van der Waals surface area (Å²) in [5.41, 5.74) is 5.39. The van der Waals surface area contributed by atoms with Crippen molar-refractivity contribution < 1.29 is 4.79 Å². The second-order valence-corrected chi connectivity index (χ2v) is 3.23. The van der Waals surface area contributed by atoms with Gasteiger partial charge in [-0.05, 0) is 6.07 Å². The van der Waals surface area contributed by atoms with Crippen LogP contribution in [0.25, 0.3) is 0 Å². The van der Waals surface area contributed by atoms with Crippen LogP contribution in [0.4, 0.5) is 0 Å². The van der Waals surface area contributed by atoms with Gasteiger partial charge in [0.25, 0.3) is 0 Å². The highest BCUT2D eigenvalue weighted by Gasteiger charge is 1.98. The predicted molar refractivity (Wildman–Crippen MR) is 54.9 cm³/mol. The molecule has 0 aliphatic carbocycles. The Kier molecular flexibility index (Phi) is 3.75. The highest BCUT2D eigenvalue weighted by atomic mass is 35.5. The lowest BCUT2D eigenvalue weighted by atomic mass is 10.3. The van der Waals surface area contributed by atoms with Gasteiger partial charge in [0, 0.05) is 6.20 Å². The van der Waals surface area contributed by atoms with Crippen LogP contribution in [-0.2, 0) is 4.79 Å². The van der Waals surface area contributed by atoms with E-state index in [4.69, 9.17) is 28.9 Å². The number of amides is 1. The highest BCUT2D eigenvalue weighted by molar-refractivity contribution is 6.32. The van der Waals surface area contributed by atoms with Gasteiger partial charge >= 0.3 is 0 Å². The minimum Gasteiger partial charge on any atom is -0.369 e. The normalized spacial score (nSPS) is 9.00. The molecule has 14 heavy (non-hydrogen) atoms. The number of carbonyl (C=O) groups is 1. The standard InChI is InChI=1S/C9H6Cl2N2O/c10-7-4-6(9(11)13-5-7)2-1-3-8(12)14/h4-5H,3H2,(H2,12,14). The molecular weight excluding hydrogens is 223 g/mol. The van der Waals surface area contributed by atoms with Crippen molar-refractivity contribution in [3.8, 4) is 11.8 Å². The first kappa shape index (κ1) is 10.8. The first-order valence-electron chi connectivity index (χ1n) is 3.68. The summed E-state index contributed by atoms with van der Waals surface area (Å²) in [6.07, 6.45) is 1.41. The summed E-state index contributed by atoms with van der Waals surface area (Å²) in [6, 6.07) is 1.57. The molecule has 1 rings (SSSR count). The smallest absolute Gasteiger partial charge is 0.229 e. The van der Waals surface area contributed by atoms with E-state index in [-0.39, 0.29) is 11.6 Å². The molecular formula is C9H6Cl2N2O. The summed E-state index contributed by atoms with van der Waals surface area (Å²) in [5, 5.41) is 0.698. The predicted octanol–water partition coefficient (Wildman–Crippen LogP) is 1.62. The van der Waals surface area contributed by atoms with Crippen LogP contribution in [-0.4, -0.2) is 10.9 Å². The number of hydrogen-bond donors (Lipinski definition) is 1. The number of carbonyl (C=O) groups excluding carboxylic acids is 1. The van der Waals surface area contributed by atoms with E-state index in [1.165, 1.54) is 6.20 Å².